The van der Waals surface area contributed by atoms with E-state index in [1.807, 2.05) is 13.8 Å². The summed E-state index contributed by atoms with van der Waals surface area (Å²) in [5.41, 5.74) is 0.739. The molecule has 1 atom stereocenters. The van der Waals surface area contributed by atoms with Gasteiger partial charge in [-0.3, -0.25) is 4.79 Å². The molecule has 1 amide bonds. The third-order valence-corrected chi connectivity index (χ3v) is 3.54. The fraction of sp³-hybridized carbons (Fsp3) is 0.562. The highest BCUT2D eigenvalue weighted by atomic mass is 19.1. The van der Waals surface area contributed by atoms with Crippen LogP contribution in [0.1, 0.15) is 26.7 Å². The molecular formula is C16H24FNO2. The number of likely N-dealkylation sites (tertiary alicyclic amines) is 1. The number of carbonyl (C=O) groups is 1. The number of hydrogen-bond acceptors (Lipinski definition) is 2. The summed E-state index contributed by atoms with van der Waals surface area (Å²) in [5, 5.41) is 0. The summed E-state index contributed by atoms with van der Waals surface area (Å²) in [4.78, 5) is 13.4. The van der Waals surface area contributed by atoms with E-state index < -0.39 is 5.83 Å². The van der Waals surface area contributed by atoms with Crippen molar-refractivity contribution in [3.05, 3.63) is 36.4 Å². The number of hydrogen-bond donors (Lipinski definition) is 0. The average molecular weight is 281 g/mol. The lowest BCUT2D eigenvalue weighted by atomic mass is 9.97. The highest BCUT2D eigenvalue weighted by Gasteiger charge is 2.24. The molecule has 0 aromatic carbocycles. The summed E-state index contributed by atoms with van der Waals surface area (Å²) < 4.78 is 18.7. The Balaban J connectivity index is 2.61. The second-order valence-corrected chi connectivity index (χ2v) is 5.62. The fourth-order valence-corrected chi connectivity index (χ4v) is 2.01. The highest BCUT2D eigenvalue weighted by molar-refractivity contribution is 5.76. The van der Waals surface area contributed by atoms with Crippen LogP contribution in [0.25, 0.3) is 0 Å². The van der Waals surface area contributed by atoms with Crippen LogP contribution in [0.3, 0.4) is 0 Å². The van der Waals surface area contributed by atoms with Crippen LogP contribution in [0.2, 0.25) is 0 Å². The predicted molar refractivity (Wildman–Crippen MR) is 78.6 cm³/mol. The number of amides is 1. The lowest BCUT2D eigenvalue weighted by Crippen LogP contribution is -2.37. The summed E-state index contributed by atoms with van der Waals surface area (Å²) in [6.45, 7) is 12.2. The first-order valence-corrected chi connectivity index (χ1v) is 6.93. The molecule has 1 saturated heterocycles. The standard InChI is InChI=1S/C16H24FNO2/c1-11(2)13(4)15(8-12(3)17)20-10-14-6-7-18(5)16(19)9-14/h8,11,14H,3-4,6-7,9-10H2,1-2,5H3/b15-8+. The van der Waals surface area contributed by atoms with Gasteiger partial charge in [0.15, 0.2) is 0 Å². The van der Waals surface area contributed by atoms with Crippen LogP contribution in [-0.4, -0.2) is 31.0 Å². The topological polar surface area (TPSA) is 29.5 Å². The minimum absolute atomic E-state index is 0.132. The van der Waals surface area contributed by atoms with Crippen molar-refractivity contribution in [2.45, 2.75) is 26.7 Å². The molecule has 1 aliphatic heterocycles. The van der Waals surface area contributed by atoms with Crippen molar-refractivity contribution < 1.29 is 13.9 Å². The van der Waals surface area contributed by atoms with Crippen LogP contribution in [0.15, 0.2) is 36.4 Å². The van der Waals surface area contributed by atoms with Gasteiger partial charge in [-0.1, -0.05) is 27.0 Å². The van der Waals surface area contributed by atoms with Gasteiger partial charge in [0.2, 0.25) is 5.91 Å². The number of rotatable bonds is 6. The summed E-state index contributed by atoms with van der Waals surface area (Å²) >= 11 is 0. The molecule has 1 fully saturated rings. The number of ether oxygens (including phenoxy) is 1. The van der Waals surface area contributed by atoms with Crippen molar-refractivity contribution >= 4 is 5.91 Å². The number of piperidine rings is 1. The van der Waals surface area contributed by atoms with Gasteiger partial charge in [0.25, 0.3) is 0 Å². The maximum absolute atomic E-state index is 13.0. The van der Waals surface area contributed by atoms with Gasteiger partial charge in [-0.05, 0) is 17.9 Å². The van der Waals surface area contributed by atoms with Crippen molar-refractivity contribution in [2.24, 2.45) is 11.8 Å². The minimum atomic E-state index is -0.554. The van der Waals surface area contributed by atoms with E-state index in [0.717, 1.165) is 18.5 Å². The first kappa shape index (κ1) is 16.5. The third-order valence-electron chi connectivity index (χ3n) is 3.54. The molecule has 4 heteroatoms. The maximum atomic E-state index is 13.0. The van der Waals surface area contributed by atoms with E-state index in [0.29, 0.717) is 18.8 Å². The molecule has 0 aliphatic carbocycles. The molecule has 0 saturated carbocycles. The van der Waals surface area contributed by atoms with E-state index >= 15 is 0 Å². The molecular weight excluding hydrogens is 257 g/mol. The first-order valence-electron chi connectivity index (χ1n) is 6.93. The number of carbonyl (C=O) groups excluding carboxylic acids is 1. The van der Waals surface area contributed by atoms with E-state index in [-0.39, 0.29) is 17.7 Å². The van der Waals surface area contributed by atoms with Crippen LogP contribution < -0.4 is 0 Å². The Hall–Kier alpha value is -1.58. The van der Waals surface area contributed by atoms with Crippen LogP contribution in [0.4, 0.5) is 4.39 Å². The van der Waals surface area contributed by atoms with Crippen molar-refractivity contribution in [2.75, 3.05) is 20.2 Å². The maximum Gasteiger partial charge on any atom is 0.222 e. The van der Waals surface area contributed by atoms with Crippen molar-refractivity contribution in [1.29, 1.82) is 0 Å². The number of halogens is 1. The normalized spacial score (nSPS) is 20.2. The van der Waals surface area contributed by atoms with Crippen LogP contribution in [-0.2, 0) is 9.53 Å². The van der Waals surface area contributed by atoms with Gasteiger partial charge in [-0.2, -0.15) is 0 Å². The van der Waals surface area contributed by atoms with E-state index in [4.69, 9.17) is 4.74 Å². The Kier molecular flexibility index (Phi) is 5.99. The van der Waals surface area contributed by atoms with E-state index in [9.17, 15) is 9.18 Å². The van der Waals surface area contributed by atoms with Gasteiger partial charge in [0.1, 0.15) is 11.6 Å². The molecule has 1 aliphatic rings. The summed E-state index contributed by atoms with van der Waals surface area (Å²) in [6.07, 6.45) is 2.65. The number of nitrogens with zero attached hydrogens (tertiary/aromatic N) is 1. The van der Waals surface area contributed by atoms with Gasteiger partial charge in [0, 0.05) is 32.0 Å². The molecule has 0 radical (unpaired) electrons. The van der Waals surface area contributed by atoms with Crippen LogP contribution >= 0.6 is 0 Å². The van der Waals surface area contributed by atoms with Crippen molar-refractivity contribution in [3.63, 3.8) is 0 Å². The zero-order valence-electron chi connectivity index (χ0n) is 12.6. The SMILES string of the molecule is C=C(F)/C=C(/OCC1CCN(C)C(=O)C1)C(=C)C(C)C. The molecule has 0 aromatic heterocycles. The third kappa shape index (κ3) is 4.83. The monoisotopic (exact) mass is 281 g/mol. The van der Waals surface area contributed by atoms with Gasteiger partial charge in [-0.15, -0.1) is 0 Å². The minimum Gasteiger partial charge on any atom is -0.493 e. The molecule has 1 unspecified atom stereocenters. The Morgan fingerprint density at radius 3 is 2.70 bits per heavy atom. The lowest BCUT2D eigenvalue weighted by molar-refractivity contribution is -0.134. The summed E-state index contributed by atoms with van der Waals surface area (Å²) in [7, 11) is 1.80. The van der Waals surface area contributed by atoms with Crippen LogP contribution in [0.5, 0.6) is 0 Å². The Labute approximate surface area is 120 Å². The molecule has 1 rings (SSSR count). The number of allylic oxidation sites excluding steroid dienone is 3. The van der Waals surface area contributed by atoms with E-state index in [1.165, 1.54) is 6.08 Å². The second-order valence-electron chi connectivity index (χ2n) is 5.62. The summed E-state index contributed by atoms with van der Waals surface area (Å²) in [5.74, 6) is 0.350. The van der Waals surface area contributed by atoms with Crippen molar-refractivity contribution in [1.82, 2.24) is 4.90 Å². The fourth-order valence-electron chi connectivity index (χ4n) is 2.01. The quantitative estimate of drug-likeness (QED) is 0.551. The highest BCUT2D eigenvalue weighted by Crippen LogP contribution is 2.24. The van der Waals surface area contributed by atoms with Gasteiger partial charge < -0.3 is 9.64 Å². The Morgan fingerprint density at radius 1 is 1.55 bits per heavy atom. The zero-order chi connectivity index (χ0) is 15.3. The van der Waals surface area contributed by atoms with Gasteiger partial charge in [0.05, 0.1) is 6.61 Å². The van der Waals surface area contributed by atoms with Crippen molar-refractivity contribution in [3.8, 4) is 0 Å². The van der Waals surface area contributed by atoms with Crippen LogP contribution in [0, 0.1) is 11.8 Å². The molecule has 20 heavy (non-hydrogen) atoms. The summed E-state index contributed by atoms with van der Waals surface area (Å²) in [6, 6.07) is 0. The molecule has 0 aromatic rings. The smallest absolute Gasteiger partial charge is 0.222 e. The Morgan fingerprint density at radius 2 is 2.20 bits per heavy atom. The molecule has 0 bridgehead atoms. The van der Waals surface area contributed by atoms with Gasteiger partial charge in [-0.25, -0.2) is 4.39 Å². The average Bonchev–Trinajstić information content (AvgIpc) is 2.37. The predicted octanol–water partition coefficient (Wildman–Crippen LogP) is 3.45. The molecule has 0 N–H and O–H groups in total. The Bertz CT molecular complexity index is 426. The molecule has 1 heterocycles. The van der Waals surface area contributed by atoms with E-state index in [1.54, 1.807) is 11.9 Å². The second kappa shape index (κ2) is 7.27. The molecule has 112 valence electrons. The zero-order valence-corrected chi connectivity index (χ0v) is 12.6. The first-order chi connectivity index (χ1) is 9.31. The lowest BCUT2D eigenvalue weighted by Gasteiger charge is -2.29. The largest absolute Gasteiger partial charge is 0.493 e. The van der Waals surface area contributed by atoms with E-state index in [2.05, 4.69) is 13.2 Å². The molecule has 3 nitrogen and oxygen atoms in total. The molecule has 0 spiro atoms. The van der Waals surface area contributed by atoms with Gasteiger partial charge >= 0.3 is 0 Å².